The second kappa shape index (κ2) is 12.7. The fourth-order valence-electron chi connectivity index (χ4n) is 3.88. The van der Waals surface area contributed by atoms with Crippen LogP contribution < -0.4 is 10.6 Å². The Morgan fingerprint density at radius 3 is 2.61 bits per heavy atom. The predicted octanol–water partition coefficient (Wildman–Crippen LogP) is 3.42. The lowest BCUT2D eigenvalue weighted by molar-refractivity contribution is 0.0437. The van der Waals surface area contributed by atoms with Crippen LogP contribution in [0.1, 0.15) is 52.7 Å². The summed E-state index contributed by atoms with van der Waals surface area (Å²) in [6.07, 6.45) is 5.23. The van der Waals surface area contributed by atoms with Gasteiger partial charge < -0.3 is 25.1 Å². The molecule has 1 aliphatic heterocycles. The summed E-state index contributed by atoms with van der Waals surface area (Å²) in [5.74, 6) is 2.92. The van der Waals surface area contributed by atoms with E-state index in [9.17, 15) is 5.11 Å². The summed E-state index contributed by atoms with van der Waals surface area (Å²) in [4.78, 5) is 7.13. The number of nitrogens with one attached hydrogen (secondary N) is 2. The van der Waals surface area contributed by atoms with Crippen molar-refractivity contribution < 1.29 is 9.52 Å². The molecular formula is C21H39IN4O2. The monoisotopic (exact) mass is 506 g/mol. The molecule has 1 aromatic rings. The van der Waals surface area contributed by atoms with Crippen LogP contribution in [-0.2, 0) is 5.60 Å². The molecule has 0 aliphatic carbocycles. The van der Waals surface area contributed by atoms with Crippen LogP contribution in [0.15, 0.2) is 27.8 Å². The quantitative estimate of drug-likeness (QED) is 0.207. The molecule has 2 rings (SSSR count). The fraction of sp³-hybridized carbons (Fsp3) is 0.762. The smallest absolute Gasteiger partial charge is 0.191 e. The van der Waals surface area contributed by atoms with Crippen LogP contribution in [0.5, 0.6) is 0 Å². The van der Waals surface area contributed by atoms with Crippen LogP contribution in [0.4, 0.5) is 0 Å². The van der Waals surface area contributed by atoms with E-state index in [1.54, 1.807) is 25.3 Å². The average molecular weight is 506 g/mol. The van der Waals surface area contributed by atoms with Gasteiger partial charge in [0.15, 0.2) is 5.96 Å². The summed E-state index contributed by atoms with van der Waals surface area (Å²) < 4.78 is 5.31. The number of rotatable bonds is 9. The van der Waals surface area contributed by atoms with Gasteiger partial charge in [0.1, 0.15) is 11.4 Å². The topological polar surface area (TPSA) is 73.0 Å². The molecule has 0 amide bonds. The highest BCUT2D eigenvalue weighted by Gasteiger charge is 2.26. The Morgan fingerprint density at radius 1 is 1.29 bits per heavy atom. The maximum Gasteiger partial charge on any atom is 0.191 e. The molecule has 3 N–H and O–H groups in total. The van der Waals surface area contributed by atoms with Gasteiger partial charge >= 0.3 is 0 Å². The first-order valence-corrected chi connectivity index (χ1v) is 10.4. The van der Waals surface area contributed by atoms with E-state index in [0.717, 1.165) is 37.3 Å². The van der Waals surface area contributed by atoms with Gasteiger partial charge in [0.2, 0.25) is 0 Å². The lowest BCUT2D eigenvalue weighted by Gasteiger charge is -2.34. The number of aliphatic imine (C=N–C) groups is 1. The summed E-state index contributed by atoms with van der Waals surface area (Å²) in [6, 6.07) is 3.55. The number of aliphatic hydroxyl groups is 1. The van der Waals surface area contributed by atoms with E-state index < -0.39 is 5.60 Å². The van der Waals surface area contributed by atoms with Crippen LogP contribution in [0.3, 0.4) is 0 Å². The molecule has 7 heteroatoms. The molecule has 2 heterocycles. The van der Waals surface area contributed by atoms with E-state index in [0.29, 0.717) is 5.76 Å². The first-order chi connectivity index (χ1) is 12.9. The van der Waals surface area contributed by atoms with Crippen LogP contribution >= 0.6 is 24.0 Å². The van der Waals surface area contributed by atoms with E-state index in [1.807, 2.05) is 6.92 Å². The molecule has 0 saturated carbocycles. The Kier molecular flexibility index (Phi) is 11.4. The zero-order chi connectivity index (χ0) is 19.7. The van der Waals surface area contributed by atoms with E-state index in [4.69, 9.17) is 4.42 Å². The SMILES string of the molecule is CCNC(=NCC(C)(O)c1ccco1)NCCCCN1CC(C)CC(C)C1.I. The second-order valence-corrected chi connectivity index (χ2v) is 8.29. The number of unbranched alkanes of at least 4 members (excludes halogenated alkanes) is 1. The van der Waals surface area contributed by atoms with Crippen LogP contribution in [0, 0.1) is 11.8 Å². The maximum absolute atomic E-state index is 10.5. The van der Waals surface area contributed by atoms with Gasteiger partial charge in [-0.25, -0.2) is 4.99 Å². The van der Waals surface area contributed by atoms with Crippen molar-refractivity contribution in [2.75, 3.05) is 39.3 Å². The number of guanidine groups is 1. The number of hydrogen-bond donors (Lipinski definition) is 3. The third kappa shape index (κ3) is 8.69. The molecule has 0 spiro atoms. The van der Waals surface area contributed by atoms with Crippen LogP contribution in [0.2, 0.25) is 0 Å². The van der Waals surface area contributed by atoms with Crippen molar-refractivity contribution in [3.63, 3.8) is 0 Å². The van der Waals surface area contributed by atoms with Crippen molar-refractivity contribution in [1.82, 2.24) is 15.5 Å². The Morgan fingerprint density at radius 2 is 2.00 bits per heavy atom. The van der Waals surface area contributed by atoms with E-state index in [-0.39, 0.29) is 30.5 Å². The van der Waals surface area contributed by atoms with Crippen molar-refractivity contribution in [2.45, 2.75) is 52.6 Å². The minimum Gasteiger partial charge on any atom is -0.466 e. The normalized spacial score (nSPS) is 23.0. The fourth-order valence-corrected chi connectivity index (χ4v) is 3.88. The third-order valence-corrected chi connectivity index (χ3v) is 5.08. The highest BCUT2D eigenvalue weighted by molar-refractivity contribution is 14.0. The largest absolute Gasteiger partial charge is 0.466 e. The Bertz CT molecular complexity index is 553. The molecule has 3 unspecified atom stereocenters. The minimum atomic E-state index is -1.10. The summed E-state index contributed by atoms with van der Waals surface area (Å²) in [6.45, 7) is 14.1. The molecule has 162 valence electrons. The summed E-state index contributed by atoms with van der Waals surface area (Å²) in [7, 11) is 0. The molecule has 28 heavy (non-hydrogen) atoms. The summed E-state index contributed by atoms with van der Waals surface area (Å²) >= 11 is 0. The van der Waals surface area contributed by atoms with E-state index in [2.05, 4.69) is 34.4 Å². The lowest BCUT2D eigenvalue weighted by Crippen LogP contribution is -2.40. The lowest BCUT2D eigenvalue weighted by atomic mass is 9.92. The molecule has 1 aromatic heterocycles. The number of halogens is 1. The Balaban J connectivity index is 0.00000392. The van der Waals surface area contributed by atoms with Gasteiger partial charge in [0.25, 0.3) is 0 Å². The van der Waals surface area contributed by atoms with Gasteiger partial charge in [0, 0.05) is 26.2 Å². The van der Waals surface area contributed by atoms with Gasteiger partial charge in [-0.15, -0.1) is 24.0 Å². The third-order valence-electron chi connectivity index (χ3n) is 5.08. The molecule has 1 fully saturated rings. The van der Waals surface area contributed by atoms with Gasteiger partial charge in [-0.05, 0) is 63.6 Å². The number of nitrogens with zero attached hydrogens (tertiary/aromatic N) is 2. The maximum atomic E-state index is 10.5. The molecule has 1 saturated heterocycles. The first kappa shape index (κ1) is 25.2. The first-order valence-electron chi connectivity index (χ1n) is 10.4. The van der Waals surface area contributed by atoms with Gasteiger partial charge in [0.05, 0.1) is 12.8 Å². The zero-order valence-corrected chi connectivity index (χ0v) is 20.2. The average Bonchev–Trinajstić information content (AvgIpc) is 3.14. The number of furan rings is 1. The highest BCUT2D eigenvalue weighted by Crippen LogP contribution is 2.21. The summed E-state index contributed by atoms with van der Waals surface area (Å²) in [5, 5.41) is 17.1. The molecular weight excluding hydrogens is 467 g/mol. The van der Waals surface area contributed by atoms with Crippen molar-refractivity contribution in [3.05, 3.63) is 24.2 Å². The van der Waals surface area contributed by atoms with Gasteiger partial charge in [-0.3, -0.25) is 0 Å². The molecule has 0 bridgehead atoms. The minimum absolute atomic E-state index is 0. The molecule has 0 radical (unpaired) electrons. The molecule has 0 aromatic carbocycles. The summed E-state index contributed by atoms with van der Waals surface area (Å²) in [5.41, 5.74) is -1.10. The molecule has 1 aliphatic rings. The number of piperidine rings is 1. The molecule has 3 atom stereocenters. The van der Waals surface area contributed by atoms with E-state index in [1.165, 1.54) is 32.5 Å². The zero-order valence-electron chi connectivity index (χ0n) is 17.9. The van der Waals surface area contributed by atoms with Gasteiger partial charge in [-0.1, -0.05) is 13.8 Å². The predicted molar refractivity (Wildman–Crippen MR) is 126 cm³/mol. The van der Waals surface area contributed by atoms with Crippen molar-refractivity contribution in [2.24, 2.45) is 16.8 Å². The van der Waals surface area contributed by atoms with Crippen molar-refractivity contribution in [1.29, 1.82) is 0 Å². The Labute approximate surface area is 187 Å². The number of likely N-dealkylation sites (tertiary alicyclic amines) is 1. The van der Waals surface area contributed by atoms with Gasteiger partial charge in [-0.2, -0.15) is 0 Å². The highest BCUT2D eigenvalue weighted by atomic mass is 127. The van der Waals surface area contributed by atoms with Crippen LogP contribution in [0.25, 0.3) is 0 Å². The van der Waals surface area contributed by atoms with E-state index >= 15 is 0 Å². The van der Waals surface area contributed by atoms with Crippen molar-refractivity contribution in [3.8, 4) is 0 Å². The van der Waals surface area contributed by atoms with Crippen LogP contribution in [-0.4, -0.2) is 55.2 Å². The standard InChI is InChI=1S/C21H38N4O2.HI/c1-5-22-20(24-16-21(4,26)19-9-8-12-27-19)23-10-6-7-11-25-14-17(2)13-18(3)15-25;/h8-9,12,17-18,26H,5-7,10-11,13-16H2,1-4H3,(H2,22,23,24);1H. The second-order valence-electron chi connectivity index (χ2n) is 8.29. The number of hydrogen-bond acceptors (Lipinski definition) is 4. The van der Waals surface area contributed by atoms with Crippen molar-refractivity contribution >= 4 is 29.9 Å². The Hall–Kier alpha value is -0.800. The molecule has 6 nitrogen and oxygen atoms in total.